The van der Waals surface area contributed by atoms with Crippen LogP contribution in [0.1, 0.15) is 31.9 Å². The summed E-state index contributed by atoms with van der Waals surface area (Å²) in [6, 6.07) is 7.61. The zero-order valence-electron chi connectivity index (χ0n) is 13.1. The van der Waals surface area contributed by atoms with Crippen LogP contribution in [0.3, 0.4) is 0 Å². The van der Waals surface area contributed by atoms with Crippen molar-refractivity contribution in [3.05, 3.63) is 36.2 Å². The Morgan fingerprint density at radius 1 is 1.35 bits per heavy atom. The third-order valence-electron chi connectivity index (χ3n) is 3.13. The van der Waals surface area contributed by atoms with E-state index in [1.807, 2.05) is 24.3 Å². The number of hydrogen-bond acceptors (Lipinski definition) is 5. The van der Waals surface area contributed by atoms with Crippen LogP contribution in [0.25, 0.3) is 11.3 Å². The molecule has 0 aliphatic carbocycles. The van der Waals surface area contributed by atoms with E-state index >= 15 is 0 Å². The normalized spacial score (nSPS) is 10.8. The number of rotatable bonds is 8. The van der Waals surface area contributed by atoms with E-state index in [0.717, 1.165) is 30.1 Å². The number of nitrogens with one attached hydrogen (secondary N) is 2. The first-order valence-corrected chi connectivity index (χ1v) is 7.98. The molecule has 0 aliphatic heterocycles. The highest BCUT2D eigenvalue weighted by atomic mass is 32.1. The van der Waals surface area contributed by atoms with E-state index in [1.165, 1.54) is 19.1 Å². The highest BCUT2D eigenvalue weighted by molar-refractivity contribution is 7.80. The second kappa shape index (κ2) is 8.89. The number of thiocarbonyl (C=S) groups is 1. The second-order valence-electron chi connectivity index (χ2n) is 5.00. The number of furan rings is 1. The summed E-state index contributed by atoms with van der Waals surface area (Å²) in [7, 11) is 0. The molecule has 23 heavy (non-hydrogen) atoms. The fourth-order valence-electron chi connectivity index (χ4n) is 1.97. The molecular formula is C16H21N5OS. The molecule has 0 radical (unpaired) electrons. The van der Waals surface area contributed by atoms with Gasteiger partial charge in [0, 0.05) is 18.3 Å². The molecule has 0 atom stereocenters. The fourth-order valence-corrected chi connectivity index (χ4v) is 2.03. The summed E-state index contributed by atoms with van der Waals surface area (Å²) in [5.41, 5.74) is 8.67. The molecule has 0 aliphatic rings. The first-order valence-electron chi connectivity index (χ1n) is 7.57. The smallest absolute Gasteiger partial charge is 0.184 e. The monoisotopic (exact) mass is 331 g/mol. The highest BCUT2D eigenvalue weighted by Gasteiger charge is 2.04. The molecule has 6 nitrogen and oxygen atoms in total. The number of aromatic nitrogens is 1. The van der Waals surface area contributed by atoms with Crippen molar-refractivity contribution in [3.63, 3.8) is 0 Å². The molecule has 0 spiro atoms. The Morgan fingerprint density at radius 2 is 2.22 bits per heavy atom. The number of pyridine rings is 1. The zero-order chi connectivity index (χ0) is 16.5. The lowest BCUT2D eigenvalue weighted by Crippen LogP contribution is -2.23. The van der Waals surface area contributed by atoms with Crippen molar-refractivity contribution < 1.29 is 4.42 Å². The molecule has 0 bridgehead atoms. The fraction of sp³-hybridized carbons (Fsp3) is 0.312. The molecule has 2 aromatic heterocycles. The van der Waals surface area contributed by atoms with Gasteiger partial charge in [-0.25, -0.2) is 4.98 Å². The lowest BCUT2D eigenvalue weighted by atomic mass is 10.2. The summed E-state index contributed by atoms with van der Waals surface area (Å²) >= 11 is 4.66. The first kappa shape index (κ1) is 17.0. The van der Waals surface area contributed by atoms with Gasteiger partial charge in [0.25, 0.3) is 0 Å². The SMILES string of the molecule is CCCCCNc1ccc(-c2ccc(/C=N/NC(N)=S)o2)cn1. The molecule has 0 unspecified atom stereocenters. The van der Waals surface area contributed by atoms with Gasteiger partial charge in [0.1, 0.15) is 17.3 Å². The van der Waals surface area contributed by atoms with E-state index in [2.05, 4.69) is 40.0 Å². The van der Waals surface area contributed by atoms with Crippen molar-refractivity contribution in [2.75, 3.05) is 11.9 Å². The Balaban J connectivity index is 1.93. The Morgan fingerprint density at radius 3 is 2.91 bits per heavy atom. The Labute approximate surface area is 141 Å². The molecule has 7 heteroatoms. The number of hydrazone groups is 1. The van der Waals surface area contributed by atoms with Crippen LogP contribution in [0, 0.1) is 0 Å². The summed E-state index contributed by atoms with van der Waals surface area (Å²) in [5, 5.41) is 7.27. The van der Waals surface area contributed by atoms with Crippen LogP contribution in [-0.2, 0) is 0 Å². The molecule has 2 rings (SSSR count). The standard InChI is InChI=1S/C16H21N5OS/c1-2-3-4-9-18-15-8-5-12(10-19-15)14-7-6-13(22-14)11-20-21-16(17)23/h5-8,10-11H,2-4,9H2,1H3,(H,18,19)(H3,17,21,23)/b20-11+. The van der Waals surface area contributed by atoms with E-state index in [9.17, 15) is 0 Å². The van der Waals surface area contributed by atoms with Crippen LogP contribution < -0.4 is 16.5 Å². The minimum absolute atomic E-state index is 0.110. The van der Waals surface area contributed by atoms with E-state index in [-0.39, 0.29) is 5.11 Å². The van der Waals surface area contributed by atoms with Crippen molar-refractivity contribution in [1.29, 1.82) is 0 Å². The van der Waals surface area contributed by atoms with E-state index < -0.39 is 0 Å². The lowest BCUT2D eigenvalue weighted by Gasteiger charge is -2.05. The van der Waals surface area contributed by atoms with Crippen molar-refractivity contribution in [2.45, 2.75) is 26.2 Å². The molecule has 2 heterocycles. The van der Waals surface area contributed by atoms with Gasteiger partial charge in [-0.15, -0.1) is 0 Å². The van der Waals surface area contributed by atoms with Crippen molar-refractivity contribution in [2.24, 2.45) is 10.8 Å². The number of nitrogens with two attached hydrogens (primary N) is 1. The molecule has 0 saturated carbocycles. The van der Waals surface area contributed by atoms with Crippen LogP contribution >= 0.6 is 12.2 Å². The summed E-state index contributed by atoms with van der Waals surface area (Å²) in [6.45, 7) is 3.13. The van der Waals surface area contributed by atoms with Gasteiger partial charge in [0.05, 0.1) is 6.21 Å². The molecule has 0 fully saturated rings. The average Bonchev–Trinajstić information content (AvgIpc) is 3.01. The quantitative estimate of drug-likeness (QED) is 0.298. The first-order chi connectivity index (χ1) is 11.2. The number of hydrogen-bond donors (Lipinski definition) is 3. The van der Waals surface area contributed by atoms with Gasteiger partial charge in [-0.3, -0.25) is 5.43 Å². The number of nitrogens with zero attached hydrogens (tertiary/aromatic N) is 2. The van der Waals surface area contributed by atoms with Crippen LogP contribution in [-0.4, -0.2) is 22.9 Å². The van der Waals surface area contributed by atoms with Crippen LogP contribution in [0.5, 0.6) is 0 Å². The molecule has 0 aromatic carbocycles. The second-order valence-corrected chi connectivity index (χ2v) is 5.44. The molecule has 122 valence electrons. The summed E-state index contributed by atoms with van der Waals surface area (Å²) in [4.78, 5) is 4.40. The zero-order valence-corrected chi connectivity index (χ0v) is 13.9. The largest absolute Gasteiger partial charge is 0.455 e. The van der Waals surface area contributed by atoms with Gasteiger partial charge in [-0.1, -0.05) is 19.8 Å². The predicted octanol–water partition coefficient (Wildman–Crippen LogP) is 3.11. The highest BCUT2D eigenvalue weighted by Crippen LogP contribution is 2.21. The topological polar surface area (TPSA) is 88.5 Å². The van der Waals surface area contributed by atoms with Gasteiger partial charge < -0.3 is 15.5 Å². The van der Waals surface area contributed by atoms with Gasteiger partial charge in [-0.05, 0) is 42.9 Å². The number of anilines is 1. The van der Waals surface area contributed by atoms with Crippen LogP contribution in [0.4, 0.5) is 5.82 Å². The average molecular weight is 331 g/mol. The molecular weight excluding hydrogens is 310 g/mol. The maximum atomic E-state index is 5.67. The van der Waals surface area contributed by atoms with Gasteiger partial charge in [0.15, 0.2) is 5.11 Å². The predicted molar refractivity (Wildman–Crippen MR) is 97.5 cm³/mol. The Kier molecular flexibility index (Phi) is 6.56. The van der Waals surface area contributed by atoms with E-state index in [0.29, 0.717) is 5.76 Å². The van der Waals surface area contributed by atoms with E-state index in [4.69, 9.17) is 10.2 Å². The van der Waals surface area contributed by atoms with Gasteiger partial charge in [0.2, 0.25) is 0 Å². The number of unbranched alkanes of at least 4 members (excludes halogenated alkanes) is 2. The molecule has 2 aromatic rings. The molecule has 0 saturated heterocycles. The minimum Gasteiger partial charge on any atom is -0.455 e. The molecule has 0 amide bonds. The summed E-state index contributed by atoms with van der Waals surface area (Å²) in [6.07, 6.45) is 6.90. The van der Waals surface area contributed by atoms with Crippen molar-refractivity contribution in [3.8, 4) is 11.3 Å². The maximum absolute atomic E-state index is 5.67. The third-order valence-corrected chi connectivity index (χ3v) is 3.22. The van der Waals surface area contributed by atoms with Crippen molar-refractivity contribution >= 4 is 29.4 Å². The van der Waals surface area contributed by atoms with Crippen LogP contribution in [0.15, 0.2) is 40.0 Å². The summed E-state index contributed by atoms with van der Waals surface area (Å²) < 4.78 is 5.67. The third kappa shape index (κ3) is 5.71. The summed E-state index contributed by atoms with van der Waals surface area (Å²) in [5.74, 6) is 2.20. The van der Waals surface area contributed by atoms with Gasteiger partial charge in [-0.2, -0.15) is 5.10 Å². The Hall–Kier alpha value is -2.41. The van der Waals surface area contributed by atoms with Crippen LogP contribution in [0.2, 0.25) is 0 Å². The minimum atomic E-state index is 0.110. The van der Waals surface area contributed by atoms with Gasteiger partial charge >= 0.3 is 0 Å². The lowest BCUT2D eigenvalue weighted by molar-refractivity contribution is 0.574. The molecule has 4 N–H and O–H groups in total. The van der Waals surface area contributed by atoms with Crippen molar-refractivity contribution in [1.82, 2.24) is 10.4 Å². The Bertz CT molecular complexity index is 651. The van der Waals surface area contributed by atoms with E-state index in [1.54, 1.807) is 6.20 Å². The maximum Gasteiger partial charge on any atom is 0.184 e.